The molecule has 82 valence electrons. The van der Waals surface area contributed by atoms with Gasteiger partial charge in [0.05, 0.1) is 13.0 Å². The van der Waals surface area contributed by atoms with Crippen molar-refractivity contribution in [3.63, 3.8) is 0 Å². The maximum absolute atomic E-state index is 11.9. The van der Waals surface area contributed by atoms with Crippen LogP contribution in [-0.4, -0.2) is 13.1 Å². The summed E-state index contributed by atoms with van der Waals surface area (Å²) in [6, 6.07) is 0. The van der Waals surface area contributed by atoms with Crippen LogP contribution in [-0.2, 0) is 9.53 Å². The lowest BCUT2D eigenvalue weighted by molar-refractivity contribution is -0.150. The average Bonchev–Trinajstić information content (AvgIpc) is 2.29. The zero-order chi connectivity index (χ0) is 15.2. The molecule has 1 saturated carbocycles. The third-order valence-corrected chi connectivity index (χ3v) is 2.43. The van der Waals surface area contributed by atoms with Crippen molar-refractivity contribution in [2.24, 2.45) is 17.2 Å². The van der Waals surface area contributed by atoms with Crippen LogP contribution in [0.4, 0.5) is 0 Å². The van der Waals surface area contributed by atoms with E-state index in [-0.39, 0.29) is 6.42 Å². The fraction of sp³-hybridized carbons (Fsp3) is 0.917. The van der Waals surface area contributed by atoms with Gasteiger partial charge < -0.3 is 4.74 Å². The second-order valence-electron chi connectivity index (χ2n) is 4.52. The van der Waals surface area contributed by atoms with E-state index in [4.69, 9.17) is 6.85 Å². The summed E-state index contributed by atoms with van der Waals surface area (Å²) >= 11 is 0. The third kappa shape index (κ3) is 2.49. The highest BCUT2D eigenvalue weighted by atomic mass is 16.5. The molecule has 0 aromatic rings. The van der Waals surface area contributed by atoms with Gasteiger partial charge in [-0.05, 0) is 24.1 Å². The maximum atomic E-state index is 11.9. The topological polar surface area (TPSA) is 26.3 Å². The van der Waals surface area contributed by atoms with Crippen molar-refractivity contribution in [3.05, 3.63) is 0 Å². The molecule has 2 heteroatoms. The molecule has 0 spiro atoms. The van der Waals surface area contributed by atoms with E-state index in [9.17, 15) is 4.79 Å². The van der Waals surface area contributed by atoms with Gasteiger partial charge in [0.15, 0.2) is 0 Å². The van der Waals surface area contributed by atoms with Crippen molar-refractivity contribution in [1.29, 1.82) is 0 Å². The van der Waals surface area contributed by atoms with Gasteiger partial charge in [-0.1, -0.05) is 33.5 Å². The number of rotatable bonds is 1. The molecule has 0 radical (unpaired) electrons. The van der Waals surface area contributed by atoms with Gasteiger partial charge in [-0.25, -0.2) is 0 Å². The Bertz CT molecular complexity index is 366. The summed E-state index contributed by atoms with van der Waals surface area (Å²) < 4.78 is 44.9. The Labute approximate surface area is 94.0 Å². The van der Waals surface area contributed by atoms with Crippen LogP contribution in [0.5, 0.6) is 0 Å². The third-order valence-electron chi connectivity index (χ3n) is 2.43. The van der Waals surface area contributed by atoms with Crippen molar-refractivity contribution >= 4 is 5.97 Å². The van der Waals surface area contributed by atoms with E-state index in [1.807, 2.05) is 0 Å². The van der Waals surface area contributed by atoms with E-state index in [2.05, 4.69) is 4.74 Å². The van der Waals surface area contributed by atoms with Gasteiger partial charge in [0.2, 0.25) is 0 Å². The minimum atomic E-state index is -1.96. The molecule has 1 fully saturated rings. The maximum Gasteiger partial charge on any atom is 0.308 e. The number of carbonyl (C=O) groups is 1. The van der Waals surface area contributed by atoms with Crippen LogP contribution in [0.15, 0.2) is 0 Å². The van der Waals surface area contributed by atoms with E-state index in [0.29, 0.717) is 0 Å². The smallest absolute Gasteiger partial charge is 0.308 e. The van der Waals surface area contributed by atoms with Gasteiger partial charge in [-0.15, -0.1) is 0 Å². The lowest BCUT2D eigenvalue weighted by Gasteiger charge is -2.38. The molecule has 1 aliphatic rings. The van der Waals surface area contributed by atoms with Gasteiger partial charge in [0.1, 0.15) is 0 Å². The molecule has 0 aliphatic heterocycles. The second kappa shape index (κ2) is 4.33. The fourth-order valence-corrected chi connectivity index (χ4v) is 1.69. The monoisotopic (exact) mass is 203 g/mol. The predicted molar refractivity (Wildman–Crippen MR) is 56.9 cm³/mol. The lowest BCUT2D eigenvalue weighted by Crippen LogP contribution is -2.36. The Kier molecular flexibility index (Phi) is 1.90. The second-order valence-corrected chi connectivity index (χ2v) is 4.52. The normalized spacial score (nSPS) is 53.1. The van der Waals surface area contributed by atoms with Crippen molar-refractivity contribution in [2.45, 2.75) is 46.4 Å². The Hall–Kier alpha value is -0.530. The Morgan fingerprint density at radius 2 is 2.21 bits per heavy atom. The molecular formula is C12H22O2. The van der Waals surface area contributed by atoms with E-state index in [1.165, 1.54) is 7.11 Å². The summed E-state index contributed by atoms with van der Waals surface area (Å²) in [5, 5.41) is 0. The standard InChI is InChI=1S/C12H22O2/c1-12(2,3)10-8-6-5-7-9(10)11(13)14-4/h9-10H,5-8H2,1-4H3/t9-,10+/m0/s1/i5D2,6D,8D,10D/t6?,8?,9-,10+. The van der Waals surface area contributed by atoms with Crippen molar-refractivity contribution < 1.29 is 16.4 Å². The molecule has 2 nitrogen and oxygen atoms in total. The van der Waals surface area contributed by atoms with Gasteiger partial charge in [0, 0.05) is 6.85 Å². The summed E-state index contributed by atoms with van der Waals surface area (Å²) in [6.45, 7) is 5.22. The first-order valence-electron chi connectivity index (χ1n) is 7.47. The van der Waals surface area contributed by atoms with Crippen molar-refractivity contribution in [1.82, 2.24) is 0 Å². The Morgan fingerprint density at radius 3 is 2.71 bits per heavy atom. The quantitative estimate of drug-likeness (QED) is 0.612. The number of hydrogen-bond acceptors (Lipinski definition) is 2. The van der Waals surface area contributed by atoms with E-state index < -0.39 is 42.4 Å². The fourth-order valence-electron chi connectivity index (χ4n) is 1.69. The van der Waals surface area contributed by atoms with Gasteiger partial charge in [-0.2, -0.15) is 0 Å². The van der Waals surface area contributed by atoms with Crippen LogP contribution in [0.2, 0.25) is 0 Å². The minimum absolute atomic E-state index is 0.246. The number of hydrogen-bond donors (Lipinski definition) is 0. The van der Waals surface area contributed by atoms with Gasteiger partial charge in [0.25, 0.3) is 0 Å². The minimum Gasteiger partial charge on any atom is -0.469 e. The van der Waals surface area contributed by atoms with Crippen LogP contribution < -0.4 is 0 Å². The highest BCUT2D eigenvalue weighted by molar-refractivity contribution is 5.72. The molecule has 1 aliphatic carbocycles. The summed E-state index contributed by atoms with van der Waals surface area (Å²) in [6.07, 6.45) is -4.85. The highest BCUT2D eigenvalue weighted by Crippen LogP contribution is 2.42. The zero-order valence-electron chi connectivity index (χ0n) is 14.3. The highest BCUT2D eigenvalue weighted by Gasteiger charge is 2.38. The molecule has 0 aromatic heterocycles. The number of ether oxygens (including phenoxy) is 1. The first-order valence-corrected chi connectivity index (χ1v) is 4.82. The van der Waals surface area contributed by atoms with E-state index in [1.54, 1.807) is 20.8 Å². The molecule has 0 bridgehead atoms. The lowest BCUT2D eigenvalue weighted by atomic mass is 9.66. The summed E-state index contributed by atoms with van der Waals surface area (Å²) in [5.74, 6) is -3.24. The van der Waals surface area contributed by atoms with Crippen molar-refractivity contribution in [3.8, 4) is 0 Å². The molecule has 2 unspecified atom stereocenters. The Morgan fingerprint density at radius 1 is 1.57 bits per heavy atom. The Balaban J connectivity index is 3.35. The molecule has 0 saturated heterocycles. The number of methoxy groups -OCH3 is 1. The summed E-state index contributed by atoms with van der Waals surface area (Å²) in [5.41, 5.74) is -0.728. The van der Waals surface area contributed by atoms with Crippen LogP contribution in [0.25, 0.3) is 0 Å². The molecule has 0 amide bonds. The molecule has 1 rings (SSSR count). The van der Waals surface area contributed by atoms with Gasteiger partial charge >= 0.3 is 5.97 Å². The molecular weight excluding hydrogens is 176 g/mol. The summed E-state index contributed by atoms with van der Waals surface area (Å²) in [4.78, 5) is 11.9. The summed E-state index contributed by atoms with van der Waals surface area (Å²) in [7, 11) is 1.20. The SMILES string of the molecule is [2H]C1C([2H])[C@@]([2H])(C(C)(C)C)[C@@H](C(=O)OC)CC1([2H])[2H]. The molecule has 4 atom stereocenters. The van der Waals surface area contributed by atoms with Crippen LogP contribution in [0.1, 0.15) is 53.2 Å². The zero-order valence-corrected chi connectivity index (χ0v) is 9.26. The average molecular weight is 203 g/mol. The molecule has 0 aromatic carbocycles. The molecule has 0 N–H and O–H groups in total. The number of esters is 1. The number of carbonyl (C=O) groups excluding carboxylic acids is 1. The van der Waals surface area contributed by atoms with Crippen LogP contribution in [0.3, 0.4) is 0 Å². The van der Waals surface area contributed by atoms with Crippen LogP contribution >= 0.6 is 0 Å². The van der Waals surface area contributed by atoms with Crippen LogP contribution in [0, 0.1) is 17.2 Å². The van der Waals surface area contributed by atoms with Crippen molar-refractivity contribution in [2.75, 3.05) is 7.11 Å². The first-order chi connectivity index (χ1) is 8.39. The first kappa shape index (κ1) is 6.14. The molecule has 0 heterocycles. The van der Waals surface area contributed by atoms with Gasteiger partial charge in [-0.3, -0.25) is 4.79 Å². The van der Waals surface area contributed by atoms with E-state index >= 15 is 0 Å². The largest absolute Gasteiger partial charge is 0.469 e. The predicted octanol–water partition coefficient (Wildman–Crippen LogP) is 3.01. The molecule has 14 heavy (non-hydrogen) atoms. The van der Waals surface area contributed by atoms with E-state index in [0.717, 1.165) is 0 Å².